The maximum atomic E-state index is 11.7. The van der Waals surface area contributed by atoms with Crippen LogP contribution in [0.4, 0.5) is 28.4 Å². The molecule has 0 bridgehead atoms. The van der Waals surface area contributed by atoms with Gasteiger partial charge in [0.05, 0.1) is 24.2 Å². The van der Waals surface area contributed by atoms with Gasteiger partial charge in [0, 0.05) is 11.8 Å². The van der Waals surface area contributed by atoms with E-state index in [2.05, 4.69) is 20.5 Å². The van der Waals surface area contributed by atoms with E-state index < -0.39 is 15.0 Å². The zero-order valence-corrected chi connectivity index (χ0v) is 18.9. The molecule has 0 unspecified atom stereocenters. The summed E-state index contributed by atoms with van der Waals surface area (Å²) in [4.78, 5) is -0.391. The number of aryl methyl sites for hydroxylation is 3. The topological polar surface area (TPSA) is 139 Å². The number of ether oxygens (including phenoxy) is 1. The zero-order valence-electron chi connectivity index (χ0n) is 18.1. The second-order valence-corrected chi connectivity index (χ2v) is 8.56. The Balaban J connectivity index is 1.87. The van der Waals surface area contributed by atoms with Gasteiger partial charge in [0.2, 0.25) is 0 Å². The van der Waals surface area contributed by atoms with Gasteiger partial charge in [0.1, 0.15) is 16.3 Å². The van der Waals surface area contributed by atoms with Gasteiger partial charge in [-0.3, -0.25) is 4.55 Å². The normalized spacial score (nSPS) is 12.0. The summed E-state index contributed by atoms with van der Waals surface area (Å²) in [5.41, 5.74) is 11.1. The van der Waals surface area contributed by atoms with E-state index >= 15 is 0 Å². The van der Waals surface area contributed by atoms with Gasteiger partial charge in [-0.05, 0) is 79.9 Å². The molecule has 0 fully saturated rings. The minimum Gasteiger partial charge on any atom is -0.497 e. The second kappa shape index (κ2) is 9.25. The van der Waals surface area contributed by atoms with Gasteiger partial charge in [-0.15, -0.1) is 5.11 Å². The molecule has 0 spiro atoms. The first-order valence-electron chi connectivity index (χ1n) is 9.55. The highest BCUT2D eigenvalue weighted by Crippen LogP contribution is 2.32. The van der Waals surface area contributed by atoms with Crippen LogP contribution in [0, 0.1) is 20.8 Å². The molecule has 0 atom stereocenters. The van der Waals surface area contributed by atoms with Crippen LogP contribution in [-0.2, 0) is 10.1 Å². The minimum absolute atomic E-state index is 0.00865. The van der Waals surface area contributed by atoms with Crippen molar-refractivity contribution in [2.75, 3.05) is 12.8 Å². The fourth-order valence-electron chi connectivity index (χ4n) is 2.88. The molecule has 3 aromatic carbocycles. The summed E-state index contributed by atoms with van der Waals surface area (Å²) < 4.78 is 37.8. The molecule has 3 N–H and O–H groups in total. The van der Waals surface area contributed by atoms with E-state index in [-0.39, 0.29) is 11.4 Å². The molecule has 3 aromatic rings. The average Bonchev–Trinajstić information content (AvgIpc) is 2.74. The van der Waals surface area contributed by atoms with Crippen LogP contribution in [-0.4, -0.2) is 20.1 Å². The quantitative estimate of drug-likeness (QED) is 0.257. The van der Waals surface area contributed by atoms with E-state index in [1.54, 1.807) is 18.2 Å². The summed E-state index contributed by atoms with van der Waals surface area (Å²) in [5.74, 6) is 0.272. The molecule has 9 nitrogen and oxygen atoms in total. The molecular weight excluding hydrogens is 430 g/mol. The van der Waals surface area contributed by atoms with E-state index in [9.17, 15) is 13.0 Å². The summed E-state index contributed by atoms with van der Waals surface area (Å²) in [7, 11) is -3.11. The lowest BCUT2D eigenvalue weighted by Crippen LogP contribution is -1.99. The molecule has 0 saturated carbocycles. The zero-order chi connectivity index (χ0) is 23.5. The van der Waals surface area contributed by atoms with Crippen molar-refractivity contribution in [3.63, 3.8) is 0 Å². The largest absolute Gasteiger partial charge is 0.497 e. The SMILES string of the molecule is COc1ccc(N=Nc2ccc(N=Nc3cc(C)c(N)cc3C)cc2C)c(S(=O)(=O)O)c1. The van der Waals surface area contributed by atoms with Gasteiger partial charge < -0.3 is 10.5 Å². The van der Waals surface area contributed by atoms with Gasteiger partial charge in [-0.25, -0.2) is 0 Å². The first kappa shape index (κ1) is 23.0. The van der Waals surface area contributed by atoms with Gasteiger partial charge in [0.15, 0.2) is 0 Å². The van der Waals surface area contributed by atoms with Crippen LogP contribution in [0.15, 0.2) is 73.9 Å². The monoisotopic (exact) mass is 453 g/mol. The molecule has 0 aliphatic carbocycles. The fourth-order valence-corrected chi connectivity index (χ4v) is 3.51. The highest BCUT2D eigenvalue weighted by molar-refractivity contribution is 7.86. The molecule has 3 rings (SSSR count). The molecule has 0 saturated heterocycles. The summed E-state index contributed by atoms with van der Waals surface area (Å²) in [6, 6.07) is 13.1. The van der Waals surface area contributed by atoms with Crippen LogP contribution in [0.5, 0.6) is 5.75 Å². The van der Waals surface area contributed by atoms with E-state index in [1.165, 1.54) is 25.3 Å². The number of rotatable bonds is 6. The smallest absolute Gasteiger partial charge is 0.296 e. The first-order valence-corrected chi connectivity index (χ1v) is 11.0. The van der Waals surface area contributed by atoms with Crippen LogP contribution in [0.3, 0.4) is 0 Å². The fraction of sp³-hybridized carbons (Fsp3) is 0.182. The lowest BCUT2D eigenvalue weighted by atomic mass is 10.1. The lowest BCUT2D eigenvalue weighted by Gasteiger charge is -2.06. The van der Waals surface area contributed by atoms with Gasteiger partial charge >= 0.3 is 0 Å². The van der Waals surface area contributed by atoms with E-state index in [4.69, 9.17) is 10.5 Å². The van der Waals surface area contributed by atoms with E-state index in [1.807, 2.05) is 32.9 Å². The molecule has 166 valence electrons. The highest BCUT2D eigenvalue weighted by atomic mass is 32.2. The lowest BCUT2D eigenvalue weighted by molar-refractivity contribution is 0.412. The Morgan fingerprint density at radius 3 is 2.06 bits per heavy atom. The van der Waals surface area contributed by atoms with Crippen LogP contribution < -0.4 is 10.5 Å². The van der Waals surface area contributed by atoms with Crippen LogP contribution >= 0.6 is 0 Å². The van der Waals surface area contributed by atoms with E-state index in [0.717, 1.165) is 22.4 Å². The Hall–Kier alpha value is -3.63. The van der Waals surface area contributed by atoms with Crippen molar-refractivity contribution in [3.05, 3.63) is 65.2 Å². The van der Waals surface area contributed by atoms with Gasteiger partial charge in [-0.2, -0.15) is 23.8 Å². The summed E-state index contributed by atoms with van der Waals surface area (Å²) in [5, 5.41) is 16.7. The molecule has 0 amide bonds. The maximum absolute atomic E-state index is 11.7. The third-order valence-corrected chi connectivity index (χ3v) is 5.63. The number of nitrogens with two attached hydrogens (primary N) is 1. The molecular formula is C22H23N5O4S. The molecule has 32 heavy (non-hydrogen) atoms. The van der Waals surface area contributed by atoms with E-state index in [0.29, 0.717) is 17.1 Å². The first-order chi connectivity index (χ1) is 15.1. The Labute approximate surface area is 186 Å². The Morgan fingerprint density at radius 1 is 0.781 bits per heavy atom. The van der Waals surface area contributed by atoms with Crippen molar-refractivity contribution in [3.8, 4) is 5.75 Å². The summed E-state index contributed by atoms with van der Waals surface area (Å²) in [6.07, 6.45) is 0. The molecule has 0 aromatic heterocycles. The van der Waals surface area contributed by atoms with Crippen molar-refractivity contribution in [1.29, 1.82) is 0 Å². The Kier molecular flexibility index (Phi) is 6.66. The number of hydrogen-bond donors (Lipinski definition) is 2. The number of azo groups is 2. The third kappa shape index (κ3) is 5.34. The predicted octanol–water partition coefficient (Wildman–Crippen LogP) is 6.28. The Morgan fingerprint density at radius 2 is 1.41 bits per heavy atom. The van der Waals surface area contributed by atoms with Gasteiger partial charge in [0.25, 0.3) is 10.1 Å². The highest BCUT2D eigenvalue weighted by Gasteiger charge is 2.17. The number of nitrogen functional groups attached to an aromatic ring is 1. The summed E-state index contributed by atoms with van der Waals surface area (Å²) >= 11 is 0. The van der Waals surface area contributed by atoms with Crippen LogP contribution in [0.1, 0.15) is 16.7 Å². The molecule has 0 aliphatic heterocycles. The molecule has 0 heterocycles. The molecule has 0 aliphatic rings. The second-order valence-electron chi connectivity index (χ2n) is 7.17. The minimum atomic E-state index is -4.50. The number of anilines is 1. The van der Waals surface area contributed by atoms with Crippen molar-refractivity contribution in [1.82, 2.24) is 0 Å². The third-order valence-electron chi connectivity index (χ3n) is 4.75. The predicted molar refractivity (Wildman–Crippen MR) is 123 cm³/mol. The average molecular weight is 454 g/mol. The number of hydrogen-bond acceptors (Lipinski definition) is 8. The molecule has 10 heteroatoms. The van der Waals surface area contributed by atoms with Crippen molar-refractivity contribution >= 4 is 38.6 Å². The van der Waals surface area contributed by atoms with Crippen molar-refractivity contribution in [2.24, 2.45) is 20.5 Å². The number of methoxy groups -OCH3 is 1. The standard InChI is InChI=1S/C22H23N5O4S/c1-13-11-21(15(3)10-18(13)23)27-24-16-5-7-19(14(2)9-16)25-26-20-8-6-17(31-4)12-22(20)32(28,29)30/h5-12H,23H2,1-4H3,(H,28,29,30). The van der Waals surface area contributed by atoms with Gasteiger partial charge in [-0.1, -0.05) is 0 Å². The van der Waals surface area contributed by atoms with Crippen LogP contribution in [0.25, 0.3) is 0 Å². The van der Waals surface area contributed by atoms with Crippen molar-refractivity contribution in [2.45, 2.75) is 25.7 Å². The van der Waals surface area contributed by atoms with Crippen molar-refractivity contribution < 1.29 is 17.7 Å². The molecule has 0 radical (unpaired) electrons. The number of nitrogens with zero attached hydrogens (tertiary/aromatic N) is 4. The Bertz CT molecular complexity index is 1330. The van der Waals surface area contributed by atoms with Crippen LogP contribution in [0.2, 0.25) is 0 Å². The number of benzene rings is 3. The summed E-state index contributed by atoms with van der Waals surface area (Å²) in [6.45, 7) is 5.65. The maximum Gasteiger partial charge on any atom is 0.296 e.